The summed E-state index contributed by atoms with van der Waals surface area (Å²) >= 11 is 0. The Kier molecular flexibility index (Phi) is 3.65. The van der Waals surface area contributed by atoms with Crippen molar-refractivity contribution in [3.8, 4) is 0 Å². The molecule has 0 amide bonds. The van der Waals surface area contributed by atoms with Crippen LogP contribution in [0.1, 0.15) is 11.1 Å². The van der Waals surface area contributed by atoms with Gasteiger partial charge in [-0.15, -0.1) is 0 Å². The van der Waals surface area contributed by atoms with Gasteiger partial charge in [0.25, 0.3) is 6.01 Å². The van der Waals surface area contributed by atoms with E-state index in [4.69, 9.17) is 9.52 Å². The summed E-state index contributed by atoms with van der Waals surface area (Å²) in [5.74, 6) is 0. The predicted octanol–water partition coefficient (Wildman–Crippen LogP) is 2.97. The van der Waals surface area contributed by atoms with Gasteiger partial charge in [0.15, 0.2) is 5.58 Å². The number of oxazole rings is 1. The van der Waals surface area contributed by atoms with Crippen LogP contribution in [0, 0.1) is 0 Å². The van der Waals surface area contributed by atoms with Gasteiger partial charge in [0.05, 0.1) is 0 Å². The maximum Gasteiger partial charge on any atom is 0.295 e. The zero-order valence-electron chi connectivity index (χ0n) is 11.0. The number of rotatable bonds is 5. The van der Waals surface area contributed by atoms with Crippen LogP contribution >= 0.6 is 0 Å². The molecule has 0 saturated heterocycles. The number of nitrogens with zero attached hydrogens (tertiary/aromatic N) is 1. The van der Waals surface area contributed by atoms with E-state index in [-0.39, 0.29) is 6.61 Å². The van der Waals surface area contributed by atoms with Crippen LogP contribution in [0.4, 0.5) is 6.01 Å². The fourth-order valence-corrected chi connectivity index (χ4v) is 2.08. The van der Waals surface area contributed by atoms with Crippen molar-refractivity contribution in [1.82, 2.24) is 4.98 Å². The van der Waals surface area contributed by atoms with Gasteiger partial charge < -0.3 is 14.8 Å². The Balaban J connectivity index is 1.66. The minimum Gasteiger partial charge on any atom is -0.424 e. The summed E-state index contributed by atoms with van der Waals surface area (Å²) in [6.45, 7) is 0.840. The molecule has 0 atom stereocenters. The summed E-state index contributed by atoms with van der Waals surface area (Å²) in [4.78, 5) is 4.36. The molecule has 0 aliphatic carbocycles. The maximum atomic E-state index is 8.88. The first-order valence-electron chi connectivity index (χ1n) is 6.63. The zero-order valence-corrected chi connectivity index (χ0v) is 11.0. The van der Waals surface area contributed by atoms with Crippen LogP contribution in [0.15, 0.2) is 52.9 Å². The second-order valence-electron chi connectivity index (χ2n) is 4.63. The van der Waals surface area contributed by atoms with Gasteiger partial charge >= 0.3 is 0 Å². The smallest absolute Gasteiger partial charge is 0.295 e. The Morgan fingerprint density at radius 2 is 1.75 bits per heavy atom. The van der Waals surface area contributed by atoms with Crippen molar-refractivity contribution in [2.75, 3.05) is 11.9 Å². The first-order chi connectivity index (χ1) is 9.85. The van der Waals surface area contributed by atoms with Crippen molar-refractivity contribution in [2.45, 2.75) is 13.0 Å². The third-order valence-electron chi connectivity index (χ3n) is 3.16. The molecule has 4 heteroatoms. The van der Waals surface area contributed by atoms with E-state index in [1.807, 2.05) is 48.5 Å². The van der Waals surface area contributed by atoms with Crippen LogP contribution in [-0.4, -0.2) is 16.7 Å². The van der Waals surface area contributed by atoms with E-state index >= 15 is 0 Å². The third-order valence-corrected chi connectivity index (χ3v) is 3.16. The summed E-state index contributed by atoms with van der Waals surface area (Å²) < 4.78 is 5.60. The Hall–Kier alpha value is -2.33. The average Bonchev–Trinajstić information content (AvgIpc) is 2.90. The highest BCUT2D eigenvalue weighted by Gasteiger charge is 2.04. The maximum absolute atomic E-state index is 8.88. The summed E-state index contributed by atoms with van der Waals surface area (Å²) in [6.07, 6.45) is 0.693. The molecule has 20 heavy (non-hydrogen) atoms. The molecule has 3 aromatic rings. The number of para-hydroxylation sites is 2. The summed E-state index contributed by atoms with van der Waals surface area (Å²) in [5.41, 5.74) is 3.92. The normalized spacial score (nSPS) is 10.8. The number of aliphatic hydroxyl groups is 1. The highest BCUT2D eigenvalue weighted by molar-refractivity contribution is 5.74. The molecular weight excluding hydrogens is 252 g/mol. The van der Waals surface area contributed by atoms with E-state index in [0.29, 0.717) is 19.0 Å². The molecule has 0 aliphatic heterocycles. The molecule has 0 fully saturated rings. The lowest BCUT2D eigenvalue weighted by Crippen LogP contribution is -2.00. The molecule has 0 spiro atoms. The van der Waals surface area contributed by atoms with Crippen molar-refractivity contribution in [3.05, 3.63) is 59.7 Å². The molecule has 0 bridgehead atoms. The number of hydrogen-bond acceptors (Lipinski definition) is 4. The Morgan fingerprint density at radius 1 is 1.00 bits per heavy atom. The van der Waals surface area contributed by atoms with E-state index in [0.717, 1.165) is 22.2 Å². The van der Waals surface area contributed by atoms with Gasteiger partial charge in [0.1, 0.15) is 5.52 Å². The van der Waals surface area contributed by atoms with Crippen LogP contribution in [0.3, 0.4) is 0 Å². The number of aromatic nitrogens is 1. The van der Waals surface area contributed by atoms with Crippen LogP contribution in [-0.2, 0) is 13.0 Å². The topological polar surface area (TPSA) is 58.3 Å². The Labute approximate surface area is 117 Å². The largest absolute Gasteiger partial charge is 0.424 e. The summed E-state index contributed by atoms with van der Waals surface area (Å²) in [6, 6.07) is 16.4. The van der Waals surface area contributed by atoms with E-state index in [9.17, 15) is 0 Å². The van der Waals surface area contributed by atoms with Crippen LogP contribution in [0.25, 0.3) is 11.1 Å². The SMILES string of the molecule is OCCc1ccc(CNc2nc3ccccc3o2)cc1. The number of fused-ring (bicyclic) bond motifs is 1. The Bertz CT molecular complexity index is 656. The molecule has 1 heterocycles. The van der Waals surface area contributed by atoms with Gasteiger partial charge in [-0.3, -0.25) is 0 Å². The van der Waals surface area contributed by atoms with E-state index in [1.165, 1.54) is 0 Å². The van der Waals surface area contributed by atoms with E-state index in [2.05, 4.69) is 10.3 Å². The second-order valence-corrected chi connectivity index (χ2v) is 4.63. The third kappa shape index (κ3) is 2.81. The van der Waals surface area contributed by atoms with E-state index in [1.54, 1.807) is 0 Å². The molecule has 1 aromatic heterocycles. The fourth-order valence-electron chi connectivity index (χ4n) is 2.08. The molecule has 3 rings (SSSR count). The molecular formula is C16H16N2O2. The molecule has 0 radical (unpaired) electrons. The molecule has 102 valence electrons. The minimum atomic E-state index is 0.181. The van der Waals surface area contributed by atoms with Gasteiger partial charge in [-0.05, 0) is 29.7 Å². The van der Waals surface area contributed by atoms with Crippen molar-refractivity contribution in [2.24, 2.45) is 0 Å². The van der Waals surface area contributed by atoms with Crippen LogP contribution < -0.4 is 5.32 Å². The number of aliphatic hydroxyl groups excluding tert-OH is 1. The first-order valence-corrected chi connectivity index (χ1v) is 6.63. The zero-order chi connectivity index (χ0) is 13.8. The molecule has 0 unspecified atom stereocenters. The van der Waals surface area contributed by atoms with Crippen LogP contribution in [0.5, 0.6) is 0 Å². The van der Waals surface area contributed by atoms with Gasteiger partial charge in [-0.25, -0.2) is 0 Å². The Morgan fingerprint density at radius 3 is 2.50 bits per heavy atom. The van der Waals surface area contributed by atoms with Gasteiger partial charge in [-0.2, -0.15) is 4.98 Å². The van der Waals surface area contributed by atoms with Crippen LogP contribution in [0.2, 0.25) is 0 Å². The number of benzene rings is 2. The van der Waals surface area contributed by atoms with Gasteiger partial charge in [-0.1, -0.05) is 36.4 Å². The molecule has 2 N–H and O–H groups in total. The van der Waals surface area contributed by atoms with Crippen molar-refractivity contribution in [1.29, 1.82) is 0 Å². The highest BCUT2D eigenvalue weighted by Crippen LogP contribution is 2.18. The molecule has 4 nitrogen and oxygen atoms in total. The lowest BCUT2D eigenvalue weighted by molar-refractivity contribution is 0.299. The molecule has 2 aromatic carbocycles. The number of anilines is 1. The summed E-state index contributed by atoms with van der Waals surface area (Å²) in [7, 11) is 0. The van der Waals surface area contributed by atoms with Crippen molar-refractivity contribution >= 4 is 17.1 Å². The lowest BCUT2D eigenvalue weighted by Gasteiger charge is -2.03. The van der Waals surface area contributed by atoms with Gasteiger partial charge in [0.2, 0.25) is 0 Å². The fraction of sp³-hybridized carbons (Fsp3) is 0.188. The summed E-state index contributed by atoms with van der Waals surface area (Å²) in [5, 5.41) is 12.1. The van der Waals surface area contributed by atoms with Crippen molar-refractivity contribution < 1.29 is 9.52 Å². The second kappa shape index (κ2) is 5.75. The first kappa shape index (κ1) is 12.7. The van der Waals surface area contributed by atoms with E-state index < -0.39 is 0 Å². The lowest BCUT2D eigenvalue weighted by atomic mass is 10.1. The monoisotopic (exact) mass is 268 g/mol. The molecule has 0 saturated carbocycles. The van der Waals surface area contributed by atoms with Crippen molar-refractivity contribution in [3.63, 3.8) is 0 Å². The number of hydrogen-bond donors (Lipinski definition) is 2. The number of nitrogens with one attached hydrogen (secondary N) is 1. The quantitative estimate of drug-likeness (QED) is 0.747. The minimum absolute atomic E-state index is 0.181. The average molecular weight is 268 g/mol. The molecule has 0 aliphatic rings. The predicted molar refractivity (Wildman–Crippen MR) is 78.6 cm³/mol. The standard InChI is InChI=1S/C16H16N2O2/c19-10-9-12-5-7-13(8-6-12)11-17-16-18-14-3-1-2-4-15(14)20-16/h1-8,19H,9-11H2,(H,17,18). The highest BCUT2D eigenvalue weighted by atomic mass is 16.4. The van der Waals surface area contributed by atoms with Gasteiger partial charge in [0, 0.05) is 13.2 Å².